The van der Waals surface area contributed by atoms with Gasteiger partial charge >= 0.3 is 5.97 Å². The Morgan fingerprint density at radius 1 is 0.469 bits per heavy atom. The topological polar surface area (TPSA) is 689 Å². The van der Waals surface area contributed by atoms with Gasteiger partial charge in [0.25, 0.3) is 5.79 Å². The van der Waals surface area contributed by atoms with Crippen molar-refractivity contribution in [3.05, 3.63) is 0 Å². The predicted octanol–water partition coefficient (Wildman–Crippen LogP) is -16.9. The Hall–Kier alpha value is -3.97. The summed E-state index contributed by atoms with van der Waals surface area (Å²) in [6, 6.07) is -7.22. The fourth-order valence-electron chi connectivity index (χ4n) is 11.8. The van der Waals surface area contributed by atoms with Gasteiger partial charge in [0.1, 0.15) is 159 Å². The van der Waals surface area contributed by atoms with Crippen LogP contribution in [0.3, 0.4) is 0 Å². The van der Waals surface area contributed by atoms with E-state index in [0.717, 1.165) is 27.7 Å². The summed E-state index contributed by atoms with van der Waals surface area (Å²) in [5, 5.41) is 249. The minimum atomic E-state index is -3.41. The molecule has 0 aromatic rings. The van der Waals surface area contributed by atoms with Gasteiger partial charge < -0.3 is 190 Å². The zero-order valence-electron chi connectivity index (χ0n) is 51.8. The highest BCUT2D eigenvalue weighted by Crippen LogP contribution is 2.41. The first-order valence-corrected chi connectivity index (χ1v) is 30.2. The smallest absolute Gasteiger partial charge is 0.364 e. The van der Waals surface area contributed by atoms with Crippen molar-refractivity contribution >= 4 is 29.6 Å². The number of carbonyl (C=O) groups excluding carboxylic acids is 4. The third kappa shape index (κ3) is 18.6. The monoisotopic (exact) mass is 1410 g/mol. The number of rotatable bonds is 30. The van der Waals surface area contributed by atoms with E-state index in [0.29, 0.717) is 0 Å². The lowest BCUT2D eigenvalue weighted by Gasteiger charge is -2.52. The van der Waals surface area contributed by atoms with Crippen LogP contribution >= 0.6 is 0 Å². The van der Waals surface area contributed by atoms with Gasteiger partial charge in [-0.1, -0.05) is 0 Å². The molecule has 6 heterocycles. The number of hydrogen-bond acceptors (Lipinski definition) is 38. The third-order valence-corrected chi connectivity index (χ3v) is 16.8. The zero-order chi connectivity index (χ0) is 71.7. The van der Waals surface area contributed by atoms with Crippen LogP contribution in [0.1, 0.15) is 34.1 Å². The van der Waals surface area contributed by atoms with Crippen LogP contribution in [-0.2, 0) is 80.8 Å². The van der Waals surface area contributed by atoms with Crippen molar-refractivity contribution < 1.29 is 193 Å². The van der Waals surface area contributed by atoms with Gasteiger partial charge in [-0.25, -0.2) is 4.79 Å². The van der Waals surface area contributed by atoms with E-state index in [4.69, 9.17) is 56.8 Å². The average Bonchev–Trinajstić information content (AvgIpc) is 0.754. The van der Waals surface area contributed by atoms with Crippen LogP contribution in [0.15, 0.2) is 0 Å². The molecule has 35 atom stereocenters. The maximum Gasteiger partial charge on any atom is 0.364 e. The second kappa shape index (κ2) is 35.6. The van der Waals surface area contributed by atoms with E-state index in [-0.39, 0.29) is 0 Å². The minimum absolute atomic E-state index is 0.816. The normalized spacial score (nSPS) is 42.6. The lowest BCUT2D eigenvalue weighted by molar-refractivity contribution is -0.399. The Morgan fingerprint density at radius 3 is 1.47 bits per heavy atom. The molecule has 6 aliphatic rings. The molecule has 43 nitrogen and oxygen atoms in total. The summed E-state index contributed by atoms with van der Waals surface area (Å²) in [4.78, 5) is 63.4. The second-order valence-corrected chi connectivity index (χ2v) is 23.7. The fraction of sp³-hybridized carbons (Fsp3) is 0.906. The summed E-state index contributed by atoms with van der Waals surface area (Å²) in [5.41, 5.74) is 0. The Kier molecular flexibility index (Phi) is 30.0. The molecular formula is C53H90N4O39. The molecule has 0 aromatic carbocycles. The van der Waals surface area contributed by atoms with Gasteiger partial charge in [-0.05, 0) is 0 Å². The molecule has 0 bridgehead atoms. The minimum Gasteiger partial charge on any atom is -0.477 e. The summed E-state index contributed by atoms with van der Waals surface area (Å²) in [7, 11) is 0. The maximum absolute atomic E-state index is 13.6. The number of carboxylic acid groups (broad SMARTS) is 1. The maximum atomic E-state index is 13.6. The Balaban J connectivity index is 1.36. The van der Waals surface area contributed by atoms with Crippen molar-refractivity contribution in [2.75, 3.05) is 52.9 Å². The Labute approximate surface area is 544 Å². The number of aliphatic hydroxyl groups is 21. The summed E-state index contributed by atoms with van der Waals surface area (Å²) in [6.07, 6.45) is -65.9. The van der Waals surface area contributed by atoms with Crippen molar-refractivity contribution in [2.45, 2.75) is 248 Å². The van der Waals surface area contributed by atoms with E-state index < -0.39 is 303 Å². The molecule has 4 amide bonds. The summed E-state index contributed by atoms with van der Waals surface area (Å²) in [5.74, 6) is -9.19. The number of amides is 4. The third-order valence-electron chi connectivity index (χ3n) is 16.8. The van der Waals surface area contributed by atoms with Gasteiger partial charge in [0.05, 0.1) is 71.0 Å². The molecular weight excluding hydrogens is 1320 g/mol. The van der Waals surface area contributed by atoms with E-state index in [1.54, 1.807) is 0 Å². The van der Waals surface area contributed by atoms with Crippen LogP contribution in [0, 0.1) is 0 Å². The van der Waals surface area contributed by atoms with E-state index in [2.05, 4.69) is 21.3 Å². The molecule has 0 saturated carbocycles. The van der Waals surface area contributed by atoms with Gasteiger partial charge in [-0.3, -0.25) is 19.2 Å². The van der Waals surface area contributed by atoms with E-state index in [1.807, 2.05) is 0 Å². The van der Waals surface area contributed by atoms with Crippen LogP contribution in [-0.4, -0.2) is 409 Å². The molecule has 556 valence electrons. The Bertz CT molecular complexity index is 2490. The number of carboxylic acids is 1. The number of nitrogens with one attached hydrogen (secondary N) is 4. The van der Waals surface area contributed by atoms with Crippen LogP contribution in [0.25, 0.3) is 0 Å². The van der Waals surface area contributed by atoms with Gasteiger partial charge in [-0.2, -0.15) is 0 Å². The number of carbonyl (C=O) groups is 5. The van der Waals surface area contributed by atoms with Crippen molar-refractivity contribution in [3.63, 3.8) is 0 Å². The fourth-order valence-corrected chi connectivity index (χ4v) is 11.8. The lowest BCUT2D eigenvalue weighted by atomic mass is 9.88. The number of aliphatic hydroxyl groups excluding tert-OH is 21. The quantitative estimate of drug-likeness (QED) is 0.0318. The first kappa shape index (κ1) is 81.0. The summed E-state index contributed by atoms with van der Waals surface area (Å²) >= 11 is 0. The zero-order valence-corrected chi connectivity index (χ0v) is 51.8. The highest BCUT2D eigenvalue weighted by atomic mass is 16.8. The number of ether oxygens (including phenoxy) is 12. The summed E-state index contributed by atoms with van der Waals surface area (Å²) in [6.45, 7) is -5.28. The van der Waals surface area contributed by atoms with Gasteiger partial charge in [0.2, 0.25) is 23.6 Å². The van der Waals surface area contributed by atoms with E-state index in [1.165, 1.54) is 0 Å². The van der Waals surface area contributed by atoms with E-state index in [9.17, 15) is 136 Å². The van der Waals surface area contributed by atoms with Gasteiger partial charge in [0.15, 0.2) is 31.5 Å². The van der Waals surface area contributed by atoms with Crippen molar-refractivity contribution in [2.24, 2.45) is 0 Å². The van der Waals surface area contributed by atoms with Crippen LogP contribution in [0.5, 0.6) is 0 Å². The van der Waals surface area contributed by atoms with Gasteiger partial charge in [0, 0.05) is 34.1 Å². The largest absolute Gasteiger partial charge is 0.477 e. The lowest BCUT2D eigenvalue weighted by Crippen LogP contribution is -2.72. The molecule has 6 fully saturated rings. The second-order valence-electron chi connectivity index (χ2n) is 23.7. The van der Waals surface area contributed by atoms with Crippen molar-refractivity contribution in [3.8, 4) is 0 Å². The molecule has 6 aliphatic heterocycles. The Morgan fingerprint density at radius 2 is 0.938 bits per heavy atom. The number of hydrogen-bond donors (Lipinski definition) is 26. The molecule has 6 rings (SSSR count). The molecule has 0 spiro atoms. The molecule has 43 heteroatoms. The number of aliphatic carboxylic acids is 1. The van der Waals surface area contributed by atoms with Gasteiger partial charge in [-0.15, -0.1) is 0 Å². The van der Waals surface area contributed by atoms with E-state index >= 15 is 0 Å². The average molecular weight is 1410 g/mol. The standard InChI is InChI=1S/C53H90N4O39/c1-14(65)54-18(6-58)30(72)41(21(71)8-60)91-50-39(81)45(94-49-38(80)37(79)33(75)23(10-62)87-49)34(76)26(90-50)13-85-47-29(57-17(4)68)36(78)42(24(11-63)88-47)92-51-40(82)46(43(25(12-64)89-51)93-48-28(56-16(3)67)35(77)32(74)22(9-61)86-48)96-53(52(83)84)5-19(69)27(55-15(2)66)44(95-53)31(73)20(70)7-59/h18-51,58-64,69-82H,5-13H2,1-4H3,(H,54,65)(H,55,66)(H,56,67)(H,57,68)(H,83,84)/t18-,19-,20+,21+,22+,23+,24+,25+,26+,27+,28+,29+,30+,31+,32-,33-,34-,35+,36+,37-,38+,39+,40+,41+,42+,43-,44+,45-,46+,47+,48-,49-,50-,51-,53-/m0/s1. The summed E-state index contributed by atoms with van der Waals surface area (Å²) < 4.78 is 70.4. The highest BCUT2D eigenvalue weighted by Gasteiger charge is 2.62. The van der Waals surface area contributed by atoms with Crippen molar-refractivity contribution in [1.82, 2.24) is 21.3 Å². The SMILES string of the molecule is CC(=O)N[C@H]1[C@H](OC[C@H]2O[C@@H](O[C@@H]([C@H](O)[C@H](CO)NC(C)=O)[C@H](O)CO)[C@H](O)[C@@H](O[C@@H]3O[C@H](CO)[C@H](O)[C@H](O)[C@H]3O)[C@H]2O)O[C@H](CO)[C@@H](O[C@@H]2O[C@H](CO)[C@H](O[C@@H]3O[C@H](CO)[C@H](O)[C@H](O)[C@H]3NC(C)=O)[C@H](O[C@]3(C(=O)O)C[C@H](O)[C@@H](NC(C)=O)[C@H]([C@H](O)[C@H](O)CO)O3)[C@H]2O)[C@@H]1O. The molecule has 26 N–H and O–H groups in total. The molecule has 0 aliphatic carbocycles. The molecule has 0 unspecified atom stereocenters. The van der Waals surface area contributed by atoms with Crippen LogP contribution < -0.4 is 21.3 Å². The molecule has 0 radical (unpaired) electrons. The molecule has 96 heavy (non-hydrogen) atoms. The first-order chi connectivity index (χ1) is 45.2. The first-order valence-electron chi connectivity index (χ1n) is 30.2. The molecule has 0 aromatic heterocycles. The molecule has 6 saturated heterocycles. The van der Waals surface area contributed by atoms with Crippen molar-refractivity contribution in [1.29, 1.82) is 0 Å². The highest BCUT2D eigenvalue weighted by molar-refractivity contribution is 5.77. The predicted molar refractivity (Wildman–Crippen MR) is 298 cm³/mol. The van der Waals surface area contributed by atoms with Crippen LogP contribution in [0.4, 0.5) is 0 Å². The van der Waals surface area contributed by atoms with Crippen LogP contribution in [0.2, 0.25) is 0 Å².